The van der Waals surface area contributed by atoms with Gasteiger partial charge in [0.05, 0.1) is 16.9 Å². The van der Waals surface area contributed by atoms with Crippen LogP contribution in [-0.4, -0.2) is 22.2 Å². The van der Waals surface area contributed by atoms with Crippen LogP contribution in [0.3, 0.4) is 0 Å². The van der Waals surface area contributed by atoms with E-state index in [-0.39, 0.29) is 0 Å². The van der Waals surface area contributed by atoms with E-state index >= 15 is 0 Å². The molecule has 1 rings (SSSR count). The first-order valence-electron chi connectivity index (χ1n) is 5.10. The Morgan fingerprint density at radius 3 is 2.88 bits per heavy atom. The molecule has 0 radical (unpaired) electrons. The fraction of sp³-hybridized carbons (Fsp3) is 0.455. The van der Waals surface area contributed by atoms with Gasteiger partial charge in [0, 0.05) is 12.7 Å². The largest absolute Gasteiger partial charge is 0.396 e. The minimum absolute atomic E-state index is 0.368. The molecule has 0 fully saturated rings. The van der Waals surface area contributed by atoms with Crippen LogP contribution in [0, 0.1) is 11.3 Å². The summed E-state index contributed by atoms with van der Waals surface area (Å²) in [4.78, 5) is 4.02. The molecule has 0 amide bonds. The Bertz CT molecular complexity index is 409. The maximum atomic E-state index is 9.79. The van der Waals surface area contributed by atoms with E-state index in [1.807, 2.05) is 13.0 Å². The molecule has 1 heterocycles. The van der Waals surface area contributed by atoms with E-state index in [0.717, 1.165) is 0 Å². The van der Waals surface area contributed by atoms with E-state index in [1.54, 1.807) is 13.0 Å². The second kappa shape index (κ2) is 4.81. The summed E-state index contributed by atoms with van der Waals surface area (Å²) in [6, 6.07) is 3.51. The van der Waals surface area contributed by atoms with Gasteiger partial charge in [-0.3, -0.25) is 0 Å². The Balaban J connectivity index is 2.73. The Morgan fingerprint density at radius 2 is 2.38 bits per heavy atom. The van der Waals surface area contributed by atoms with Crippen LogP contribution in [-0.2, 0) is 0 Å². The predicted molar refractivity (Wildman–Crippen MR) is 62.8 cm³/mol. The van der Waals surface area contributed by atoms with Crippen LogP contribution in [0.4, 0.5) is 11.5 Å². The Morgan fingerprint density at radius 1 is 1.69 bits per heavy atom. The van der Waals surface area contributed by atoms with Gasteiger partial charge in [-0.25, -0.2) is 4.98 Å². The Kier molecular flexibility index (Phi) is 3.69. The highest BCUT2D eigenvalue weighted by Crippen LogP contribution is 2.17. The maximum Gasteiger partial charge on any atom is 0.149 e. The van der Waals surface area contributed by atoms with Crippen LogP contribution in [0.1, 0.15) is 25.8 Å². The Hall–Kier alpha value is -1.80. The number of aromatic nitrogens is 1. The lowest BCUT2D eigenvalue weighted by molar-refractivity contribution is 0.0697. The average Bonchev–Trinajstić information content (AvgIpc) is 2.27. The zero-order valence-electron chi connectivity index (χ0n) is 9.49. The average molecular weight is 220 g/mol. The number of nitrogen functional groups attached to an aromatic ring is 1. The normalized spacial score (nSPS) is 13.9. The van der Waals surface area contributed by atoms with Gasteiger partial charge in [0.15, 0.2) is 0 Å². The summed E-state index contributed by atoms with van der Waals surface area (Å²) in [5, 5.41) is 21.4. The zero-order valence-corrected chi connectivity index (χ0v) is 9.49. The third-order valence-electron chi connectivity index (χ3n) is 2.44. The van der Waals surface area contributed by atoms with E-state index in [0.29, 0.717) is 30.0 Å². The lowest BCUT2D eigenvalue weighted by Crippen LogP contribution is -2.32. The van der Waals surface area contributed by atoms with Crippen LogP contribution in [0.15, 0.2) is 12.3 Å². The van der Waals surface area contributed by atoms with E-state index in [1.165, 1.54) is 6.20 Å². The van der Waals surface area contributed by atoms with Crippen molar-refractivity contribution in [2.75, 3.05) is 17.6 Å². The van der Waals surface area contributed by atoms with Gasteiger partial charge in [0.1, 0.15) is 11.9 Å². The molecule has 4 N–H and O–H groups in total. The highest BCUT2D eigenvalue weighted by atomic mass is 16.3. The second-order valence-electron chi connectivity index (χ2n) is 3.98. The molecule has 0 saturated carbocycles. The number of aliphatic hydroxyl groups is 1. The minimum Gasteiger partial charge on any atom is -0.396 e. The van der Waals surface area contributed by atoms with Crippen LogP contribution in [0.2, 0.25) is 0 Å². The number of hydrogen-bond donors (Lipinski definition) is 3. The van der Waals surface area contributed by atoms with Crippen molar-refractivity contribution < 1.29 is 5.11 Å². The molecule has 1 atom stereocenters. The van der Waals surface area contributed by atoms with Gasteiger partial charge >= 0.3 is 0 Å². The van der Waals surface area contributed by atoms with Crippen LogP contribution < -0.4 is 11.1 Å². The molecule has 0 spiro atoms. The highest BCUT2D eigenvalue weighted by Gasteiger charge is 2.17. The summed E-state index contributed by atoms with van der Waals surface area (Å²) in [6.07, 6.45) is 2.08. The number of nitrogens with one attached hydrogen (secondary N) is 1. The molecule has 0 aliphatic rings. The van der Waals surface area contributed by atoms with Gasteiger partial charge < -0.3 is 16.2 Å². The Labute approximate surface area is 94.9 Å². The molecule has 86 valence electrons. The molecule has 0 bridgehead atoms. The molecular formula is C11H16N4O. The molecule has 0 saturated heterocycles. The molecule has 16 heavy (non-hydrogen) atoms. The second-order valence-corrected chi connectivity index (χ2v) is 3.98. The van der Waals surface area contributed by atoms with Crippen molar-refractivity contribution in [3.63, 3.8) is 0 Å². The molecule has 1 unspecified atom stereocenters. The van der Waals surface area contributed by atoms with Crippen LogP contribution >= 0.6 is 0 Å². The molecule has 0 aliphatic carbocycles. The standard InChI is InChI=1S/C11H16N4O/c1-3-11(2,16)7-15-10-9(13)4-8(5-12)6-14-10/h4,6,16H,3,7,13H2,1-2H3,(H,14,15). The fourth-order valence-corrected chi connectivity index (χ4v) is 1.09. The number of rotatable bonds is 4. The summed E-state index contributed by atoms with van der Waals surface area (Å²) in [7, 11) is 0. The van der Waals surface area contributed by atoms with Gasteiger partial charge in [-0.05, 0) is 19.4 Å². The molecule has 1 aromatic rings. The molecule has 0 aliphatic heterocycles. The van der Waals surface area contributed by atoms with E-state index in [4.69, 9.17) is 11.0 Å². The summed E-state index contributed by atoms with van der Waals surface area (Å²) in [5.74, 6) is 0.493. The number of nitrogens with two attached hydrogens (primary N) is 1. The van der Waals surface area contributed by atoms with Crippen molar-refractivity contribution in [2.45, 2.75) is 25.9 Å². The predicted octanol–water partition coefficient (Wildman–Crippen LogP) is 1.11. The topological polar surface area (TPSA) is 95.0 Å². The number of pyridine rings is 1. The third-order valence-corrected chi connectivity index (χ3v) is 2.44. The van der Waals surface area contributed by atoms with E-state index < -0.39 is 5.60 Å². The van der Waals surface area contributed by atoms with Crippen LogP contribution in [0.25, 0.3) is 0 Å². The maximum absolute atomic E-state index is 9.79. The molecule has 0 aromatic carbocycles. The van der Waals surface area contributed by atoms with Crippen molar-refractivity contribution in [1.29, 1.82) is 5.26 Å². The van der Waals surface area contributed by atoms with Crippen molar-refractivity contribution >= 4 is 11.5 Å². The van der Waals surface area contributed by atoms with Crippen LogP contribution in [0.5, 0.6) is 0 Å². The fourth-order valence-electron chi connectivity index (χ4n) is 1.09. The lowest BCUT2D eigenvalue weighted by Gasteiger charge is -2.22. The van der Waals surface area contributed by atoms with E-state index in [9.17, 15) is 5.11 Å². The smallest absolute Gasteiger partial charge is 0.149 e. The highest BCUT2D eigenvalue weighted by molar-refractivity contribution is 5.63. The molecule has 5 nitrogen and oxygen atoms in total. The molecule has 5 heteroatoms. The minimum atomic E-state index is -0.790. The van der Waals surface area contributed by atoms with Crippen molar-refractivity contribution in [2.24, 2.45) is 0 Å². The number of nitrogens with zero attached hydrogens (tertiary/aromatic N) is 2. The summed E-state index contributed by atoms with van der Waals surface area (Å²) >= 11 is 0. The van der Waals surface area contributed by atoms with Crippen molar-refractivity contribution in [3.05, 3.63) is 17.8 Å². The lowest BCUT2D eigenvalue weighted by atomic mass is 10.0. The van der Waals surface area contributed by atoms with Gasteiger partial charge in [0.2, 0.25) is 0 Å². The third kappa shape index (κ3) is 3.11. The number of nitriles is 1. The first-order chi connectivity index (χ1) is 7.48. The monoisotopic (exact) mass is 220 g/mol. The first-order valence-corrected chi connectivity index (χ1v) is 5.10. The molecular weight excluding hydrogens is 204 g/mol. The van der Waals surface area contributed by atoms with Crippen molar-refractivity contribution in [1.82, 2.24) is 4.98 Å². The van der Waals surface area contributed by atoms with Crippen molar-refractivity contribution in [3.8, 4) is 6.07 Å². The van der Waals surface area contributed by atoms with Gasteiger partial charge in [0.25, 0.3) is 0 Å². The quantitative estimate of drug-likeness (QED) is 0.706. The van der Waals surface area contributed by atoms with Gasteiger partial charge in [-0.1, -0.05) is 6.92 Å². The summed E-state index contributed by atoms with van der Waals surface area (Å²) in [5.41, 5.74) is 5.75. The van der Waals surface area contributed by atoms with Gasteiger partial charge in [-0.2, -0.15) is 5.26 Å². The van der Waals surface area contributed by atoms with Gasteiger partial charge in [-0.15, -0.1) is 0 Å². The first kappa shape index (κ1) is 12.3. The number of hydrogen-bond acceptors (Lipinski definition) is 5. The SMILES string of the molecule is CCC(C)(O)CNc1ncc(C#N)cc1N. The molecule has 1 aromatic heterocycles. The summed E-state index contributed by atoms with van der Waals surface area (Å²) in [6.45, 7) is 4.00. The van der Waals surface area contributed by atoms with E-state index in [2.05, 4.69) is 10.3 Å². The number of anilines is 2. The summed E-state index contributed by atoms with van der Waals surface area (Å²) < 4.78 is 0. The zero-order chi connectivity index (χ0) is 12.2.